The summed E-state index contributed by atoms with van der Waals surface area (Å²) < 4.78 is 0. The van der Waals surface area contributed by atoms with Gasteiger partial charge in [-0.2, -0.15) is 0 Å². The quantitative estimate of drug-likeness (QED) is 0.900. The van der Waals surface area contributed by atoms with Crippen molar-refractivity contribution >= 4 is 23.3 Å². The van der Waals surface area contributed by atoms with E-state index < -0.39 is 6.10 Å². The van der Waals surface area contributed by atoms with E-state index in [9.17, 15) is 9.90 Å². The Morgan fingerprint density at radius 2 is 2.05 bits per heavy atom. The van der Waals surface area contributed by atoms with Crippen LogP contribution in [-0.2, 0) is 4.79 Å². The zero-order chi connectivity index (χ0) is 14.8. The molecule has 1 N–H and O–H groups in total. The maximum atomic E-state index is 12.4. The third-order valence-electron chi connectivity index (χ3n) is 4.43. The zero-order valence-corrected chi connectivity index (χ0v) is 12.7. The molecule has 1 aromatic rings. The van der Waals surface area contributed by atoms with Gasteiger partial charge in [0.2, 0.25) is 5.91 Å². The maximum absolute atomic E-state index is 12.4. The third kappa shape index (κ3) is 2.99. The SMILES string of the molecule is O=C(C1CCCC1O)N1CCN(c2ncccc2Cl)CC1. The first kappa shape index (κ1) is 14.6. The summed E-state index contributed by atoms with van der Waals surface area (Å²) in [6, 6.07) is 3.64. The first-order valence-corrected chi connectivity index (χ1v) is 7.87. The molecule has 6 heteroatoms. The first-order valence-electron chi connectivity index (χ1n) is 7.49. The molecule has 1 saturated carbocycles. The second-order valence-corrected chi connectivity index (χ2v) is 6.13. The van der Waals surface area contributed by atoms with Crippen LogP contribution < -0.4 is 4.90 Å². The Labute approximate surface area is 129 Å². The molecule has 21 heavy (non-hydrogen) atoms. The van der Waals surface area contributed by atoms with Crippen LogP contribution in [0.4, 0.5) is 5.82 Å². The molecule has 3 rings (SSSR count). The number of rotatable bonds is 2. The van der Waals surface area contributed by atoms with Crippen LogP contribution in [0.15, 0.2) is 18.3 Å². The highest BCUT2D eigenvalue weighted by molar-refractivity contribution is 6.32. The highest BCUT2D eigenvalue weighted by Crippen LogP contribution is 2.28. The Hall–Kier alpha value is -1.33. The predicted octanol–water partition coefficient (Wildman–Crippen LogP) is 1.54. The molecule has 5 nitrogen and oxygen atoms in total. The van der Waals surface area contributed by atoms with Crippen molar-refractivity contribution in [2.24, 2.45) is 5.92 Å². The molecule has 2 heterocycles. The second-order valence-electron chi connectivity index (χ2n) is 5.73. The molecule has 1 aliphatic heterocycles. The fourth-order valence-electron chi connectivity index (χ4n) is 3.21. The summed E-state index contributed by atoms with van der Waals surface area (Å²) in [6.07, 6.45) is 3.78. The van der Waals surface area contributed by atoms with Gasteiger partial charge in [0.1, 0.15) is 5.82 Å². The standard InChI is InChI=1S/C15H20ClN3O2/c16-12-4-2-6-17-14(12)18-7-9-19(10-8-18)15(21)11-3-1-5-13(11)20/h2,4,6,11,13,20H,1,3,5,7-10H2. The van der Waals surface area contributed by atoms with Crippen molar-refractivity contribution in [2.45, 2.75) is 25.4 Å². The third-order valence-corrected chi connectivity index (χ3v) is 4.72. The van der Waals surface area contributed by atoms with Crippen LogP contribution in [-0.4, -0.2) is 53.2 Å². The number of aromatic nitrogens is 1. The van der Waals surface area contributed by atoms with E-state index in [0.717, 1.165) is 38.2 Å². The number of anilines is 1. The van der Waals surface area contributed by atoms with Gasteiger partial charge >= 0.3 is 0 Å². The summed E-state index contributed by atoms with van der Waals surface area (Å²) >= 11 is 6.16. The van der Waals surface area contributed by atoms with E-state index >= 15 is 0 Å². The highest BCUT2D eigenvalue weighted by atomic mass is 35.5. The number of nitrogens with zero attached hydrogens (tertiary/aromatic N) is 3. The molecule has 0 radical (unpaired) electrons. The summed E-state index contributed by atoms with van der Waals surface area (Å²) in [4.78, 5) is 20.7. The monoisotopic (exact) mass is 309 g/mol. The van der Waals surface area contributed by atoms with Crippen LogP contribution >= 0.6 is 11.6 Å². The number of hydrogen-bond acceptors (Lipinski definition) is 4. The van der Waals surface area contributed by atoms with E-state index in [-0.39, 0.29) is 11.8 Å². The maximum Gasteiger partial charge on any atom is 0.228 e. The minimum atomic E-state index is -0.458. The molecular formula is C15H20ClN3O2. The van der Waals surface area contributed by atoms with Gasteiger partial charge in [-0.05, 0) is 31.4 Å². The van der Waals surface area contributed by atoms with Crippen LogP contribution in [0.25, 0.3) is 0 Å². The van der Waals surface area contributed by atoms with E-state index in [1.807, 2.05) is 17.0 Å². The number of carbonyl (C=O) groups excluding carboxylic acids is 1. The van der Waals surface area contributed by atoms with Gasteiger partial charge in [0.15, 0.2) is 0 Å². The first-order chi connectivity index (χ1) is 10.2. The number of amides is 1. The lowest BCUT2D eigenvalue weighted by Crippen LogP contribution is -2.51. The van der Waals surface area contributed by atoms with Gasteiger partial charge in [-0.15, -0.1) is 0 Å². The van der Waals surface area contributed by atoms with Crippen molar-refractivity contribution in [2.75, 3.05) is 31.1 Å². The molecule has 114 valence electrons. The van der Waals surface area contributed by atoms with Crippen LogP contribution in [0.1, 0.15) is 19.3 Å². The largest absolute Gasteiger partial charge is 0.392 e. The smallest absolute Gasteiger partial charge is 0.228 e. The fraction of sp³-hybridized carbons (Fsp3) is 0.600. The number of piperazine rings is 1. The number of aliphatic hydroxyl groups is 1. The Balaban J connectivity index is 1.60. The molecule has 2 aliphatic rings. The molecular weight excluding hydrogens is 290 g/mol. The number of hydrogen-bond donors (Lipinski definition) is 1. The Bertz CT molecular complexity index is 517. The van der Waals surface area contributed by atoms with Crippen molar-refractivity contribution in [1.82, 2.24) is 9.88 Å². The molecule has 2 atom stereocenters. The predicted molar refractivity (Wildman–Crippen MR) is 81.4 cm³/mol. The van der Waals surface area contributed by atoms with Gasteiger partial charge in [0.25, 0.3) is 0 Å². The van der Waals surface area contributed by atoms with Crippen molar-refractivity contribution in [3.05, 3.63) is 23.4 Å². The van der Waals surface area contributed by atoms with E-state index in [1.165, 1.54) is 0 Å². The van der Waals surface area contributed by atoms with Crippen molar-refractivity contribution in [1.29, 1.82) is 0 Å². The molecule has 2 fully saturated rings. The highest BCUT2D eigenvalue weighted by Gasteiger charge is 2.35. The number of aliphatic hydroxyl groups excluding tert-OH is 1. The molecule has 0 spiro atoms. The fourth-order valence-corrected chi connectivity index (χ4v) is 3.45. The molecule has 1 saturated heterocycles. The van der Waals surface area contributed by atoms with E-state index in [1.54, 1.807) is 6.20 Å². The topological polar surface area (TPSA) is 56.7 Å². The Morgan fingerprint density at radius 1 is 1.29 bits per heavy atom. The van der Waals surface area contributed by atoms with Gasteiger partial charge in [-0.25, -0.2) is 4.98 Å². The van der Waals surface area contributed by atoms with Gasteiger partial charge in [-0.1, -0.05) is 11.6 Å². The number of halogens is 1. The molecule has 2 unspecified atom stereocenters. The van der Waals surface area contributed by atoms with Crippen LogP contribution in [0.5, 0.6) is 0 Å². The summed E-state index contributed by atoms with van der Waals surface area (Å²) in [7, 11) is 0. The zero-order valence-electron chi connectivity index (χ0n) is 11.9. The van der Waals surface area contributed by atoms with E-state index in [4.69, 9.17) is 11.6 Å². The lowest BCUT2D eigenvalue weighted by molar-refractivity contribution is -0.138. The summed E-state index contributed by atoms with van der Waals surface area (Å²) in [6.45, 7) is 2.78. The summed E-state index contributed by atoms with van der Waals surface area (Å²) in [5.74, 6) is 0.689. The van der Waals surface area contributed by atoms with Gasteiger partial charge < -0.3 is 14.9 Å². The second kappa shape index (κ2) is 6.20. The van der Waals surface area contributed by atoms with Crippen LogP contribution in [0, 0.1) is 5.92 Å². The van der Waals surface area contributed by atoms with E-state index in [0.29, 0.717) is 18.1 Å². The lowest BCUT2D eigenvalue weighted by Gasteiger charge is -2.37. The molecule has 0 bridgehead atoms. The summed E-state index contributed by atoms with van der Waals surface area (Å²) in [5, 5.41) is 10.5. The molecule has 0 aromatic carbocycles. The Morgan fingerprint density at radius 3 is 2.67 bits per heavy atom. The normalized spacial score (nSPS) is 26.2. The summed E-state index contributed by atoms with van der Waals surface area (Å²) in [5.41, 5.74) is 0. The number of pyridine rings is 1. The van der Waals surface area contributed by atoms with Crippen LogP contribution in [0.2, 0.25) is 5.02 Å². The van der Waals surface area contributed by atoms with Gasteiger partial charge in [-0.3, -0.25) is 4.79 Å². The van der Waals surface area contributed by atoms with Crippen molar-refractivity contribution < 1.29 is 9.90 Å². The molecule has 1 amide bonds. The lowest BCUT2D eigenvalue weighted by atomic mass is 10.0. The average Bonchev–Trinajstić information content (AvgIpc) is 2.93. The van der Waals surface area contributed by atoms with E-state index in [2.05, 4.69) is 9.88 Å². The molecule has 1 aliphatic carbocycles. The van der Waals surface area contributed by atoms with Crippen molar-refractivity contribution in [3.63, 3.8) is 0 Å². The van der Waals surface area contributed by atoms with Gasteiger partial charge in [0, 0.05) is 32.4 Å². The van der Waals surface area contributed by atoms with Crippen molar-refractivity contribution in [3.8, 4) is 0 Å². The molecule has 1 aromatic heterocycles. The van der Waals surface area contributed by atoms with Crippen LogP contribution in [0.3, 0.4) is 0 Å². The Kier molecular flexibility index (Phi) is 4.31. The minimum absolute atomic E-state index is 0.103. The average molecular weight is 310 g/mol. The van der Waals surface area contributed by atoms with Gasteiger partial charge in [0.05, 0.1) is 17.0 Å². The number of carbonyl (C=O) groups is 1. The minimum Gasteiger partial charge on any atom is -0.392 e.